The zero-order valence-corrected chi connectivity index (χ0v) is 14.1. The van der Waals surface area contributed by atoms with E-state index in [1.165, 1.54) is 12.8 Å². The molecule has 1 heterocycles. The number of hydrogen-bond donors (Lipinski definition) is 0. The second kappa shape index (κ2) is 8.46. The van der Waals surface area contributed by atoms with Gasteiger partial charge in [0.2, 0.25) is 11.7 Å². The van der Waals surface area contributed by atoms with Crippen molar-refractivity contribution in [3.8, 4) is 17.2 Å². The van der Waals surface area contributed by atoms with Gasteiger partial charge in [-0.15, -0.1) is 0 Å². The molecule has 5 nitrogen and oxygen atoms in total. The molecule has 1 saturated heterocycles. The van der Waals surface area contributed by atoms with Gasteiger partial charge in [-0.25, -0.2) is 0 Å². The zero-order chi connectivity index (χ0) is 16.7. The largest absolute Gasteiger partial charge is 0.493 e. The van der Waals surface area contributed by atoms with Crippen molar-refractivity contribution < 1.29 is 19.0 Å². The van der Waals surface area contributed by atoms with Crippen LogP contribution in [0.3, 0.4) is 0 Å². The smallest absolute Gasteiger partial charge is 0.246 e. The third-order valence-electron chi connectivity index (χ3n) is 4.02. The van der Waals surface area contributed by atoms with Gasteiger partial charge in [0.15, 0.2) is 11.5 Å². The number of carbonyl (C=O) groups is 1. The normalized spacial score (nSPS) is 15.3. The van der Waals surface area contributed by atoms with E-state index in [1.54, 1.807) is 33.5 Å². The summed E-state index contributed by atoms with van der Waals surface area (Å²) in [6, 6.07) is 3.65. The van der Waals surface area contributed by atoms with Gasteiger partial charge >= 0.3 is 0 Å². The van der Waals surface area contributed by atoms with Crippen LogP contribution in [0.25, 0.3) is 6.08 Å². The molecule has 1 aliphatic heterocycles. The molecule has 1 amide bonds. The van der Waals surface area contributed by atoms with Crippen LogP contribution in [0.2, 0.25) is 0 Å². The standard InChI is InChI=1S/C18H25NO4/c1-21-15-12-14(13-16(22-2)18(15)23-3)8-9-17(20)19-10-6-4-5-7-11-19/h8-9,12-13H,4-7,10-11H2,1-3H3. The van der Waals surface area contributed by atoms with Crippen LogP contribution in [0.5, 0.6) is 17.2 Å². The molecule has 2 rings (SSSR count). The van der Waals surface area contributed by atoms with E-state index in [-0.39, 0.29) is 5.91 Å². The Kier molecular flexibility index (Phi) is 6.32. The third-order valence-corrected chi connectivity index (χ3v) is 4.02. The van der Waals surface area contributed by atoms with E-state index in [2.05, 4.69) is 0 Å². The monoisotopic (exact) mass is 319 g/mol. The molecule has 0 atom stereocenters. The number of carbonyl (C=O) groups excluding carboxylic acids is 1. The average molecular weight is 319 g/mol. The molecule has 126 valence electrons. The summed E-state index contributed by atoms with van der Waals surface area (Å²) in [4.78, 5) is 14.2. The van der Waals surface area contributed by atoms with Gasteiger partial charge in [-0.05, 0) is 36.6 Å². The third kappa shape index (κ3) is 4.41. The summed E-state index contributed by atoms with van der Waals surface area (Å²) in [6.07, 6.45) is 8.00. The summed E-state index contributed by atoms with van der Waals surface area (Å²) >= 11 is 0. The molecular formula is C18H25NO4. The molecule has 1 aromatic rings. The summed E-state index contributed by atoms with van der Waals surface area (Å²) in [6.45, 7) is 1.69. The van der Waals surface area contributed by atoms with Crippen LogP contribution < -0.4 is 14.2 Å². The number of nitrogens with zero attached hydrogens (tertiary/aromatic N) is 1. The van der Waals surface area contributed by atoms with Crippen molar-refractivity contribution in [1.82, 2.24) is 4.90 Å². The second-order valence-corrected chi connectivity index (χ2v) is 5.53. The van der Waals surface area contributed by atoms with Crippen LogP contribution in [0, 0.1) is 0 Å². The number of likely N-dealkylation sites (tertiary alicyclic amines) is 1. The number of methoxy groups -OCH3 is 3. The van der Waals surface area contributed by atoms with Gasteiger partial charge in [-0.2, -0.15) is 0 Å². The van der Waals surface area contributed by atoms with Crippen molar-refractivity contribution in [2.75, 3.05) is 34.4 Å². The maximum absolute atomic E-state index is 12.3. The first kappa shape index (κ1) is 17.2. The lowest BCUT2D eigenvalue weighted by Gasteiger charge is -2.18. The summed E-state index contributed by atoms with van der Waals surface area (Å²) in [5, 5.41) is 0. The van der Waals surface area contributed by atoms with Gasteiger partial charge < -0.3 is 19.1 Å². The van der Waals surface area contributed by atoms with Crippen LogP contribution in [0.1, 0.15) is 31.2 Å². The van der Waals surface area contributed by atoms with Gasteiger partial charge in [0.05, 0.1) is 21.3 Å². The van der Waals surface area contributed by atoms with E-state index in [0.717, 1.165) is 31.5 Å². The predicted molar refractivity (Wildman–Crippen MR) is 90.2 cm³/mol. The fourth-order valence-electron chi connectivity index (χ4n) is 2.76. The molecule has 0 bridgehead atoms. The molecule has 0 radical (unpaired) electrons. The van der Waals surface area contributed by atoms with Gasteiger partial charge in [0, 0.05) is 19.2 Å². The summed E-state index contributed by atoms with van der Waals surface area (Å²) in [5.74, 6) is 1.76. The molecule has 23 heavy (non-hydrogen) atoms. The van der Waals surface area contributed by atoms with E-state index in [0.29, 0.717) is 17.2 Å². The Hall–Kier alpha value is -2.17. The number of ether oxygens (including phenoxy) is 3. The highest BCUT2D eigenvalue weighted by Gasteiger charge is 2.14. The predicted octanol–water partition coefficient (Wildman–Crippen LogP) is 3.13. The summed E-state index contributed by atoms with van der Waals surface area (Å²) in [5.41, 5.74) is 0.836. The quantitative estimate of drug-likeness (QED) is 0.782. The lowest BCUT2D eigenvalue weighted by Crippen LogP contribution is -2.30. The molecule has 0 spiro atoms. The molecule has 5 heteroatoms. The first-order valence-corrected chi connectivity index (χ1v) is 7.96. The second-order valence-electron chi connectivity index (χ2n) is 5.53. The van der Waals surface area contributed by atoms with Crippen molar-refractivity contribution in [3.05, 3.63) is 23.8 Å². The van der Waals surface area contributed by atoms with E-state index in [4.69, 9.17) is 14.2 Å². The van der Waals surface area contributed by atoms with Crippen molar-refractivity contribution >= 4 is 12.0 Å². The topological polar surface area (TPSA) is 48.0 Å². The van der Waals surface area contributed by atoms with E-state index < -0.39 is 0 Å². The van der Waals surface area contributed by atoms with Crippen LogP contribution in [0.15, 0.2) is 18.2 Å². The number of hydrogen-bond acceptors (Lipinski definition) is 4. The molecule has 1 fully saturated rings. The highest BCUT2D eigenvalue weighted by molar-refractivity contribution is 5.92. The minimum absolute atomic E-state index is 0.0562. The van der Waals surface area contributed by atoms with Crippen molar-refractivity contribution in [2.24, 2.45) is 0 Å². The Bertz CT molecular complexity index is 535. The number of rotatable bonds is 5. The van der Waals surface area contributed by atoms with Gasteiger partial charge in [-0.1, -0.05) is 12.8 Å². The fraction of sp³-hybridized carbons (Fsp3) is 0.500. The van der Waals surface area contributed by atoms with Crippen molar-refractivity contribution in [1.29, 1.82) is 0 Å². The number of amides is 1. The minimum atomic E-state index is 0.0562. The van der Waals surface area contributed by atoms with Gasteiger partial charge in [0.1, 0.15) is 0 Å². The van der Waals surface area contributed by atoms with Crippen molar-refractivity contribution in [3.63, 3.8) is 0 Å². The molecule has 0 unspecified atom stereocenters. The molecule has 0 N–H and O–H groups in total. The SMILES string of the molecule is COc1cc(C=CC(=O)N2CCCCCC2)cc(OC)c1OC. The molecule has 0 aliphatic carbocycles. The fourth-order valence-corrected chi connectivity index (χ4v) is 2.76. The maximum Gasteiger partial charge on any atom is 0.246 e. The first-order chi connectivity index (χ1) is 11.2. The van der Waals surface area contributed by atoms with E-state index >= 15 is 0 Å². The Balaban J connectivity index is 2.16. The van der Waals surface area contributed by atoms with Crippen LogP contribution >= 0.6 is 0 Å². The van der Waals surface area contributed by atoms with Gasteiger partial charge in [0.25, 0.3) is 0 Å². The van der Waals surface area contributed by atoms with E-state index in [1.807, 2.05) is 17.0 Å². The molecule has 0 aromatic heterocycles. The lowest BCUT2D eigenvalue weighted by molar-refractivity contribution is -0.125. The van der Waals surface area contributed by atoms with Gasteiger partial charge in [-0.3, -0.25) is 4.79 Å². The molecule has 1 aromatic carbocycles. The summed E-state index contributed by atoms with van der Waals surface area (Å²) < 4.78 is 15.9. The molecular weight excluding hydrogens is 294 g/mol. The Morgan fingerprint density at radius 2 is 1.52 bits per heavy atom. The molecule has 1 aliphatic rings. The van der Waals surface area contributed by atoms with Crippen LogP contribution in [-0.2, 0) is 4.79 Å². The maximum atomic E-state index is 12.3. The van der Waals surface area contributed by atoms with Crippen LogP contribution in [0.4, 0.5) is 0 Å². The zero-order valence-electron chi connectivity index (χ0n) is 14.1. The van der Waals surface area contributed by atoms with Crippen LogP contribution in [-0.4, -0.2) is 45.2 Å². The Labute approximate surface area is 137 Å². The number of benzene rings is 1. The Morgan fingerprint density at radius 1 is 0.957 bits per heavy atom. The van der Waals surface area contributed by atoms with E-state index in [9.17, 15) is 4.79 Å². The lowest BCUT2D eigenvalue weighted by atomic mass is 10.1. The Morgan fingerprint density at radius 3 is 2.00 bits per heavy atom. The first-order valence-electron chi connectivity index (χ1n) is 7.96. The molecule has 0 saturated carbocycles. The average Bonchev–Trinajstić information content (AvgIpc) is 2.87. The highest BCUT2D eigenvalue weighted by Crippen LogP contribution is 2.38. The summed E-state index contributed by atoms with van der Waals surface area (Å²) in [7, 11) is 4.72. The highest BCUT2D eigenvalue weighted by atomic mass is 16.5. The minimum Gasteiger partial charge on any atom is -0.493 e. The van der Waals surface area contributed by atoms with Crippen molar-refractivity contribution in [2.45, 2.75) is 25.7 Å².